The van der Waals surface area contributed by atoms with E-state index in [9.17, 15) is 4.79 Å². The summed E-state index contributed by atoms with van der Waals surface area (Å²) in [5.74, 6) is 1.78. The molecule has 2 aromatic heterocycles. The quantitative estimate of drug-likeness (QED) is 0.715. The molecule has 1 aliphatic rings. The Hall–Kier alpha value is -2.31. The zero-order valence-corrected chi connectivity index (χ0v) is 14.9. The van der Waals surface area contributed by atoms with E-state index in [0.717, 1.165) is 24.2 Å². The van der Waals surface area contributed by atoms with Crippen molar-refractivity contribution in [2.24, 2.45) is 7.05 Å². The van der Waals surface area contributed by atoms with Crippen LogP contribution in [0.3, 0.4) is 0 Å². The van der Waals surface area contributed by atoms with Gasteiger partial charge in [0, 0.05) is 24.2 Å². The van der Waals surface area contributed by atoms with E-state index in [0.29, 0.717) is 33.3 Å². The molecule has 1 aromatic carbocycles. The molecular formula is C17H15Cl2N5O. The normalized spacial score (nSPS) is 13.9. The number of halogens is 2. The zero-order chi connectivity index (χ0) is 17.6. The van der Waals surface area contributed by atoms with Crippen molar-refractivity contribution >= 4 is 34.8 Å². The second-order valence-electron chi connectivity index (χ2n) is 6.08. The fraction of sp³-hybridized carbons (Fsp3) is 0.235. The van der Waals surface area contributed by atoms with Crippen molar-refractivity contribution in [2.45, 2.75) is 18.8 Å². The van der Waals surface area contributed by atoms with Gasteiger partial charge in [0.05, 0.1) is 5.02 Å². The van der Waals surface area contributed by atoms with Gasteiger partial charge in [-0.15, -0.1) is 0 Å². The van der Waals surface area contributed by atoms with Gasteiger partial charge in [-0.25, -0.2) is 4.98 Å². The standard InChI is InChI=1S/C17H15Cl2N5O/c1-24-13(8-12(18)14(24)19)17(25)20-11-4-2-3-10(7-11)16-21-15(22-23-16)9-5-6-9/h2-4,7-9H,5-6H2,1H3,(H,20,25)(H,21,22,23). The minimum absolute atomic E-state index is 0.290. The van der Waals surface area contributed by atoms with Gasteiger partial charge < -0.3 is 9.88 Å². The van der Waals surface area contributed by atoms with E-state index in [4.69, 9.17) is 23.2 Å². The van der Waals surface area contributed by atoms with Crippen molar-refractivity contribution in [3.8, 4) is 11.4 Å². The summed E-state index contributed by atoms with van der Waals surface area (Å²) in [4.78, 5) is 17.0. The summed E-state index contributed by atoms with van der Waals surface area (Å²) in [5, 5.41) is 10.8. The highest BCUT2D eigenvalue weighted by molar-refractivity contribution is 6.42. The third kappa shape index (κ3) is 3.15. The van der Waals surface area contributed by atoms with Crippen molar-refractivity contribution < 1.29 is 4.79 Å². The van der Waals surface area contributed by atoms with Crippen LogP contribution < -0.4 is 5.32 Å². The molecule has 0 unspecified atom stereocenters. The summed E-state index contributed by atoms with van der Waals surface area (Å²) in [6.07, 6.45) is 2.32. The first-order valence-electron chi connectivity index (χ1n) is 7.87. The number of rotatable bonds is 4. The molecule has 2 heterocycles. The lowest BCUT2D eigenvalue weighted by molar-refractivity contribution is 0.101. The first-order valence-corrected chi connectivity index (χ1v) is 8.63. The largest absolute Gasteiger partial charge is 0.329 e. The Kier molecular flexibility index (Phi) is 4.01. The van der Waals surface area contributed by atoms with Crippen molar-refractivity contribution in [3.63, 3.8) is 0 Å². The van der Waals surface area contributed by atoms with E-state index < -0.39 is 0 Å². The van der Waals surface area contributed by atoms with Gasteiger partial charge in [0.25, 0.3) is 5.91 Å². The number of hydrogen-bond acceptors (Lipinski definition) is 3. The topological polar surface area (TPSA) is 75.6 Å². The van der Waals surface area contributed by atoms with E-state index in [1.807, 2.05) is 24.3 Å². The number of nitrogens with zero attached hydrogens (tertiary/aromatic N) is 3. The highest BCUT2D eigenvalue weighted by Crippen LogP contribution is 2.38. The second kappa shape index (κ2) is 6.20. The van der Waals surface area contributed by atoms with Gasteiger partial charge in [0.1, 0.15) is 16.7 Å². The van der Waals surface area contributed by atoms with Crippen LogP contribution in [0.15, 0.2) is 30.3 Å². The zero-order valence-electron chi connectivity index (χ0n) is 13.4. The van der Waals surface area contributed by atoms with Gasteiger partial charge in [-0.05, 0) is 31.0 Å². The Morgan fingerprint density at radius 1 is 1.32 bits per heavy atom. The summed E-state index contributed by atoms with van der Waals surface area (Å²) in [6.45, 7) is 0. The fourth-order valence-corrected chi connectivity index (χ4v) is 3.01. The van der Waals surface area contributed by atoms with Gasteiger partial charge in [-0.1, -0.05) is 35.3 Å². The van der Waals surface area contributed by atoms with Crippen LogP contribution in [-0.4, -0.2) is 25.7 Å². The minimum atomic E-state index is -0.290. The van der Waals surface area contributed by atoms with Crippen molar-refractivity contribution in [1.82, 2.24) is 19.7 Å². The Labute approximate surface area is 154 Å². The van der Waals surface area contributed by atoms with Gasteiger partial charge in [0.2, 0.25) is 0 Å². The van der Waals surface area contributed by atoms with Crippen molar-refractivity contribution in [3.05, 3.63) is 52.0 Å². The lowest BCUT2D eigenvalue weighted by atomic mass is 10.2. The molecule has 0 bridgehead atoms. The van der Waals surface area contributed by atoms with Gasteiger partial charge >= 0.3 is 0 Å². The molecule has 0 radical (unpaired) electrons. The molecule has 25 heavy (non-hydrogen) atoms. The maximum absolute atomic E-state index is 12.5. The Morgan fingerprint density at radius 3 is 2.80 bits per heavy atom. The van der Waals surface area contributed by atoms with Crippen LogP contribution in [-0.2, 0) is 7.05 Å². The molecule has 1 amide bonds. The van der Waals surface area contributed by atoms with E-state index in [1.54, 1.807) is 17.7 Å². The number of carbonyl (C=O) groups excluding carboxylic acids is 1. The van der Waals surface area contributed by atoms with Crippen LogP contribution in [0.1, 0.15) is 35.1 Å². The highest BCUT2D eigenvalue weighted by Gasteiger charge is 2.27. The summed E-state index contributed by atoms with van der Waals surface area (Å²) in [6, 6.07) is 8.95. The molecule has 128 valence electrons. The molecule has 4 rings (SSSR count). The number of aromatic nitrogens is 4. The molecule has 2 N–H and O–H groups in total. The summed E-state index contributed by atoms with van der Waals surface area (Å²) in [7, 11) is 1.69. The molecule has 1 aliphatic carbocycles. The van der Waals surface area contributed by atoms with Gasteiger partial charge in [-0.3, -0.25) is 9.89 Å². The average molecular weight is 376 g/mol. The number of H-pyrrole nitrogens is 1. The van der Waals surface area contributed by atoms with Crippen LogP contribution in [0.5, 0.6) is 0 Å². The van der Waals surface area contributed by atoms with E-state index in [1.165, 1.54) is 0 Å². The molecule has 3 aromatic rings. The van der Waals surface area contributed by atoms with Crippen LogP contribution in [0.4, 0.5) is 5.69 Å². The van der Waals surface area contributed by atoms with Crippen LogP contribution in [0.2, 0.25) is 10.2 Å². The minimum Gasteiger partial charge on any atom is -0.329 e. The summed E-state index contributed by atoms with van der Waals surface area (Å²) < 4.78 is 1.54. The van der Waals surface area contributed by atoms with Crippen molar-refractivity contribution in [1.29, 1.82) is 0 Å². The molecule has 8 heteroatoms. The molecule has 1 saturated carbocycles. The second-order valence-corrected chi connectivity index (χ2v) is 6.85. The van der Waals surface area contributed by atoms with E-state index in [-0.39, 0.29) is 5.91 Å². The average Bonchev–Trinajstić information content (AvgIpc) is 3.28. The molecule has 0 spiro atoms. The van der Waals surface area contributed by atoms with Gasteiger partial charge in [-0.2, -0.15) is 5.10 Å². The van der Waals surface area contributed by atoms with E-state index >= 15 is 0 Å². The number of anilines is 1. The molecule has 6 nitrogen and oxygen atoms in total. The SMILES string of the molecule is Cn1c(C(=O)Nc2cccc(-c3n[nH]c(C4CC4)n3)c2)cc(Cl)c1Cl. The highest BCUT2D eigenvalue weighted by atomic mass is 35.5. The fourth-order valence-electron chi connectivity index (χ4n) is 2.63. The Morgan fingerprint density at radius 2 is 2.12 bits per heavy atom. The Balaban J connectivity index is 1.56. The Bertz CT molecular complexity index is 958. The maximum Gasteiger partial charge on any atom is 0.272 e. The lowest BCUT2D eigenvalue weighted by Crippen LogP contribution is -2.15. The smallest absolute Gasteiger partial charge is 0.272 e. The van der Waals surface area contributed by atoms with Crippen LogP contribution in [0.25, 0.3) is 11.4 Å². The van der Waals surface area contributed by atoms with Gasteiger partial charge in [0.15, 0.2) is 5.82 Å². The third-order valence-corrected chi connectivity index (χ3v) is 5.04. The summed E-state index contributed by atoms with van der Waals surface area (Å²) in [5.41, 5.74) is 1.87. The molecule has 0 saturated heterocycles. The predicted molar refractivity (Wildman–Crippen MR) is 97.2 cm³/mol. The molecule has 0 atom stereocenters. The van der Waals surface area contributed by atoms with Crippen molar-refractivity contribution in [2.75, 3.05) is 5.32 Å². The first-order chi connectivity index (χ1) is 12.0. The van der Waals surface area contributed by atoms with Crippen LogP contribution >= 0.6 is 23.2 Å². The number of hydrogen-bond donors (Lipinski definition) is 2. The number of amides is 1. The maximum atomic E-state index is 12.5. The molecule has 1 fully saturated rings. The third-order valence-electron chi connectivity index (χ3n) is 4.19. The molecular weight excluding hydrogens is 361 g/mol. The number of aromatic amines is 1. The summed E-state index contributed by atoms with van der Waals surface area (Å²) >= 11 is 12.0. The number of benzene rings is 1. The molecule has 0 aliphatic heterocycles. The predicted octanol–water partition coefficient (Wildman–Crippen LogP) is 4.25. The van der Waals surface area contributed by atoms with Crippen LogP contribution in [0, 0.1) is 0 Å². The van der Waals surface area contributed by atoms with E-state index in [2.05, 4.69) is 20.5 Å². The first kappa shape index (κ1) is 16.2. The lowest BCUT2D eigenvalue weighted by Gasteiger charge is -2.07. The monoisotopic (exact) mass is 375 g/mol. The number of nitrogens with one attached hydrogen (secondary N) is 2. The number of carbonyl (C=O) groups is 1.